The molecule has 1 aliphatic rings. The van der Waals surface area contributed by atoms with E-state index in [-0.39, 0.29) is 6.04 Å². The van der Waals surface area contributed by atoms with Crippen molar-refractivity contribution >= 4 is 11.6 Å². The van der Waals surface area contributed by atoms with Crippen molar-refractivity contribution in [3.05, 3.63) is 88.2 Å². The predicted octanol–water partition coefficient (Wildman–Crippen LogP) is 5.15. The van der Waals surface area contributed by atoms with Gasteiger partial charge in [0.25, 0.3) is 0 Å². The largest absolute Gasteiger partial charge is 0.508 e. The highest BCUT2D eigenvalue weighted by Gasteiger charge is 2.27. The van der Waals surface area contributed by atoms with Crippen LogP contribution in [0.25, 0.3) is 0 Å². The van der Waals surface area contributed by atoms with E-state index in [0.717, 1.165) is 30.1 Å². The molecule has 1 atom stereocenters. The third kappa shape index (κ3) is 3.37. The lowest BCUT2D eigenvalue weighted by atomic mass is 10.0. The summed E-state index contributed by atoms with van der Waals surface area (Å²) in [6.07, 6.45) is 3.24. The molecular weight excluding hydrogens is 344 g/mol. The quantitative estimate of drug-likeness (QED) is 0.694. The topological polar surface area (TPSA) is 28.4 Å². The van der Waals surface area contributed by atoms with E-state index in [1.165, 1.54) is 16.8 Å². The lowest BCUT2D eigenvalue weighted by molar-refractivity contribution is 0.217. The van der Waals surface area contributed by atoms with Crippen molar-refractivity contribution in [2.24, 2.45) is 0 Å². The van der Waals surface area contributed by atoms with Gasteiger partial charge in [0.2, 0.25) is 0 Å². The van der Waals surface area contributed by atoms with Gasteiger partial charge in [-0.05, 0) is 49.2 Å². The first kappa shape index (κ1) is 17.2. The first-order valence-corrected chi connectivity index (χ1v) is 9.42. The molecule has 3 nitrogen and oxygen atoms in total. The minimum atomic E-state index is 0.143. The lowest BCUT2D eigenvalue weighted by Gasteiger charge is -2.31. The summed E-state index contributed by atoms with van der Waals surface area (Å²) in [5.41, 5.74) is 4.66. The fourth-order valence-corrected chi connectivity index (χ4v) is 4.02. The molecule has 0 spiro atoms. The molecule has 2 heterocycles. The van der Waals surface area contributed by atoms with Crippen LogP contribution >= 0.6 is 11.6 Å². The summed E-state index contributed by atoms with van der Waals surface area (Å²) in [7, 11) is 0. The normalized spacial score (nSPS) is 17.7. The molecule has 4 rings (SSSR count). The molecule has 134 valence electrons. The Labute approximate surface area is 159 Å². The molecule has 1 aliphatic heterocycles. The zero-order valence-electron chi connectivity index (χ0n) is 14.9. The zero-order valence-corrected chi connectivity index (χ0v) is 15.7. The summed E-state index contributed by atoms with van der Waals surface area (Å²) >= 11 is 6.11. The van der Waals surface area contributed by atoms with Gasteiger partial charge in [-0.15, -0.1) is 0 Å². The number of aryl methyl sites for hydroxylation is 2. The maximum atomic E-state index is 10.3. The molecule has 0 saturated carbocycles. The van der Waals surface area contributed by atoms with Crippen LogP contribution in [-0.4, -0.2) is 21.1 Å². The molecule has 3 aromatic rings. The van der Waals surface area contributed by atoms with Gasteiger partial charge in [-0.25, -0.2) is 0 Å². The molecule has 0 amide bonds. The Morgan fingerprint density at radius 2 is 1.88 bits per heavy atom. The van der Waals surface area contributed by atoms with E-state index < -0.39 is 0 Å². The first-order valence-electron chi connectivity index (χ1n) is 9.05. The van der Waals surface area contributed by atoms with Crippen molar-refractivity contribution < 1.29 is 5.11 Å². The van der Waals surface area contributed by atoms with Crippen molar-refractivity contribution in [1.29, 1.82) is 0 Å². The highest BCUT2D eigenvalue weighted by molar-refractivity contribution is 6.30. The second-order valence-electron chi connectivity index (χ2n) is 7.04. The van der Waals surface area contributed by atoms with Crippen molar-refractivity contribution in [2.45, 2.75) is 32.5 Å². The lowest BCUT2D eigenvalue weighted by Crippen LogP contribution is -2.29. The number of aromatic nitrogens is 1. The highest BCUT2D eigenvalue weighted by Crippen LogP contribution is 2.34. The zero-order chi connectivity index (χ0) is 18.1. The third-order valence-corrected chi connectivity index (χ3v) is 5.40. The molecule has 2 aromatic carbocycles. The van der Waals surface area contributed by atoms with Crippen molar-refractivity contribution in [3.8, 4) is 5.75 Å². The van der Waals surface area contributed by atoms with E-state index in [0.29, 0.717) is 12.3 Å². The smallest absolute Gasteiger partial charge is 0.120 e. The number of benzene rings is 2. The molecule has 0 bridgehead atoms. The van der Waals surface area contributed by atoms with Crippen LogP contribution in [0.1, 0.15) is 34.8 Å². The van der Waals surface area contributed by atoms with E-state index in [1.807, 2.05) is 18.2 Å². The molecule has 0 saturated heterocycles. The van der Waals surface area contributed by atoms with Crippen LogP contribution in [0, 0.1) is 6.92 Å². The van der Waals surface area contributed by atoms with Crippen LogP contribution in [0.15, 0.2) is 60.8 Å². The molecule has 26 heavy (non-hydrogen) atoms. The molecule has 1 aromatic heterocycles. The second-order valence-corrected chi connectivity index (χ2v) is 7.47. The minimum Gasteiger partial charge on any atom is -0.508 e. The van der Waals surface area contributed by atoms with Crippen LogP contribution in [-0.2, 0) is 13.1 Å². The first-order chi connectivity index (χ1) is 12.6. The predicted molar refractivity (Wildman–Crippen MR) is 106 cm³/mol. The summed E-state index contributed by atoms with van der Waals surface area (Å²) in [6.45, 7) is 4.77. The standard InChI is InChI=1S/C22H23ClN2O/c1-16-5-10-21(26)18(14-16)15-25-13-3-12-24-11-2-4-20(24)22(25)17-6-8-19(23)9-7-17/h2,4-11,14,22,26H,3,12-13,15H2,1H3/t22-/m1/s1. The molecule has 1 N–H and O–H groups in total. The number of rotatable bonds is 3. The SMILES string of the molecule is Cc1ccc(O)c(CN2CCCn3cccc3[C@H]2c2ccc(Cl)cc2)c1. The van der Waals surface area contributed by atoms with E-state index >= 15 is 0 Å². The molecule has 0 radical (unpaired) electrons. The number of fused-ring (bicyclic) bond motifs is 1. The van der Waals surface area contributed by atoms with Crippen LogP contribution in [0.2, 0.25) is 5.02 Å². The number of phenols is 1. The Hall–Kier alpha value is -2.23. The number of aromatic hydroxyl groups is 1. The van der Waals surface area contributed by atoms with E-state index in [9.17, 15) is 5.11 Å². The number of phenolic OH excluding ortho intramolecular Hbond substituents is 1. The van der Waals surface area contributed by atoms with Gasteiger partial charge in [0.1, 0.15) is 5.75 Å². The fourth-order valence-electron chi connectivity index (χ4n) is 3.90. The van der Waals surface area contributed by atoms with Crippen LogP contribution < -0.4 is 0 Å². The number of nitrogens with zero attached hydrogens (tertiary/aromatic N) is 2. The second kappa shape index (κ2) is 7.18. The Balaban J connectivity index is 1.75. The van der Waals surface area contributed by atoms with Gasteiger partial charge in [-0.2, -0.15) is 0 Å². The van der Waals surface area contributed by atoms with Gasteiger partial charge < -0.3 is 9.67 Å². The Kier molecular flexibility index (Phi) is 4.75. The van der Waals surface area contributed by atoms with Gasteiger partial charge in [-0.3, -0.25) is 4.90 Å². The molecule has 0 fully saturated rings. The fraction of sp³-hybridized carbons (Fsp3) is 0.273. The molecule has 4 heteroatoms. The number of halogens is 1. The van der Waals surface area contributed by atoms with Crippen molar-refractivity contribution in [2.75, 3.05) is 6.54 Å². The molecule has 0 aliphatic carbocycles. The average molecular weight is 367 g/mol. The average Bonchev–Trinajstić information content (AvgIpc) is 3.01. The van der Waals surface area contributed by atoms with E-state index in [4.69, 9.17) is 11.6 Å². The number of hydrogen-bond donors (Lipinski definition) is 1. The van der Waals surface area contributed by atoms with Crippen LogP contribution in [0.5, 0.6) is 5.75 Å². The van der Waals surface area contributed by atoms with Crippen LogP contribution in [0.3, 0.4) is 0 Å². The monoisotopic (exact) mass is 366 g/mol. The maximum absolute atomic E-state index is 10.3. The van der Waals surface area contributed by atoms with Crippen molar-refractivity contribution in [1.82, 2.24) is 9.47 Å². The van der Waals surface area contributed by atoms with Gasteiger partial charge in [-0.1, -0.05) is 41.4 Å². The third-order valence-electron chi connectivity index (χ3n) is 5.15. The Morgan fingerprint density at radius 3 is 2.69 bits per heavy atom. The maximum Gasteiger partial charge on any atom is 0.120 e. The Morgan fingerprint density at radius 1 is 1.08 bits per heavy atom. The van der Waals surface area contributed by atoms with E-state index in [1.54, 1.807) is 6.07 Å². The van der Waals surface area contributed by atoms with Gasteiger partial charge in [0, 0.05) is 42.1 Å². The summed E-state index contributed by atoms with van der Waals surface area (Å²) in [5, 5.41) is 11.1. The summed E-state index contributed by atoms with van der Waals surface area (Å²) in [6, 6.07) is 18.4. The summed E-state index contributed by atoms with van der Waals surface area (Å²) in [4.78, 5) is 2.45. The molecule has 0 unspecified atom stereocenters. The number of hydrogen-bond acceptors (Lipinski definition) is 2. The molecular formula is C22H23ClN2O. The van der Waals surface area contributed by atoms with E-state index in [2.05, 4.69) is 52.9 Å². The summed E-state index contributed by atoms with van der Waals surface area (Å²) in [5.74, 6) is 0.366. The van der Waals surface area contributed by atoms with Gasteiger partial charge >= 0.3 is 0 Å². The van der Waals surface area contributed by atoms with Gasteiger partial charge in [0.15, 0.2) is 0 Å². The van der Waals surface area contributed by atoms with Crippen LogP contribution in [0.4, 0.5) is 0 Å². The Bertz CT molecular complexity index is 901. The van der Waals surface area contributed by atoms with Crippen molar-refractivity contribution in [3.63, 3.8) is 0 Å². The summed E-state index contributed by atoms with van der Waals surface area (Å²) < 4.78 is 2.34. The van der Waals surface area contributed by atoms with Gasteiger partial charge in [0.05, 0.1) is 6.04 Å². The highest BCUT2D eigenvalue weighted by atomic mass is 35.5. The minimum absolute atomic E-state index is 0.143.